The number of nitriles is 1. The molecule has 0 radical (unpaired) electrons. The molecule has 3 aromatic rings. The van der Waals surface area contributed by atoms with Crippen LogP contribution in [0.4, 0.5) is 5.69 Å². The fourth-order valence-electron chi connectivity index (χ4n) is 4.46. The summed E-state index contributed by atoms with van der Waals surface area (Å²) in [6, 6.07) is 15.3. The minimum atomic E-state index is -1.40. The van der Waals surface area contributed by atoms with Gasteiger partial charge in [-0.15, -0.1) is 0 Å². The molecule has 0 fully saturated rings. The molecular weight excluding hydrogens is 588 g/mol. The zero-order valence-electron chi connectivity index (χ0n) is 26.8. The topological polar surface area (TPSA) is 178 Å². The van der Waals surface area contributed by atoms with Crippen LogP contribution in [-0.4, -0.2) is 59.1 Å². The van der Waals surface area contributed by atoms with Crippen molar-refractivity contribution >= 4 is 29.3 Å². The Kier molecular flexibility index (Phi) is 12.4. The van der Waals surface area contributed by atoms with Crippen LogP contribution in [0.3, 0.4) is 0 Å². The molecule has 4 amide bonds. The fraction of sp³-hybridized carbons (Fsp3) is 0.353. The van der Waals surface area contributed by atoms with Crippen LogP contribution in [0.1, 0.15) is 53.7 Å². The first-order chi connectivity index (χ1) is 21.8. The number of hydrogen-bond acceptors (Lipinski definition) is 8. The van der Waals surface area contributed by atoms with E-state index in [2.05, 4.69) is 21.1 Å². The van der Waals surface area contributed by atoms with E-state index in [4.69, 9.17) is 4.52 Å². The number of nitrogens with one attached hydrogen (secondary N) is 3. The van der Waals surface area contributed by atoms with Crippen molar-refractivity contribution in [2.75, 3.05) is 11.9 Å². The molecule has 2 aromatic carbocycles. The Morgan fingerprint density at radius 1 is 0.978 bits per heavy atom. The van der Waals surface area contributed by atoms with Crippen molar-refractivity contribution in [3.63, 3.8) is 0 Å². The number of nitrogens with zero attached hydrogens (tertiary/aromatic N) is 3. The van der Waals surface area contributed by atoms with Gasteiger partial charge < -0.3 is 30.5 Å². The number of carbonyl (C=O) groups excluding carboxylic acids is 4. The van der Waals surface area contributed by atoms with E-state index in [0.29, 0.717) is 17.0 Å². The first-order valence-electron chi connectivity index (χ1n) is 14.8. The van der Waals surface area contributed by atoms with Crippen LogP contribution in [0.25, 0.3) is 0 Å². The van der Waals surface area contributed by atoms with Crippen molar-refractivity contribution in [1.29, 1.82) is 5.26 Å². The maximum absolute atomic E-state index is 13.4. The highest BCUT2D eigenvalue weighted by Crippen LogP contribution is 2.18. The maximum Gasteiger partial charge on any atom is 0.274 e. The summed E-state index contributed by atoms with van der Waals surface area (Å²) in [5, 5.41) is 31.4. The summed E-state index contributed by atoms with van der Waals surface area (Å²) in [5.41, 5.74) is 3.10. The van der Waals surface area contributed by atoms with Gasteiger partial charge in [-0.2, -0.15) is 5.26 Å². The van der Waals surface area contributed by atoms with E-state index in [-0.39, 0.29) is 30.2 Å². The summed E-state index contributed by atoms with van der Waals surface area (Å²) < 4.78 is 4.92. The molecule has 12 heteroatoms. The average molecular weight is 629 g/mol. The number of aryl methyl sites for hydroxylation is 2. The summed E-state index contributed by atoms with van der Waals surface area (Å²) in [5.74, 6) is -2.01. The molecule has 1 heterocycles. The summed E-state index contributed by atoms with van der Waals surface area (Å²) in [6.45, 7) is 8.87. The van der Waals surface area contributed by atoms with Gasteiger partial charge in [-0.05, 0) is 49.9 Å². The molecule has 0 aliphatic carbocycles. The Labute approximate surface area is 268 Å². The highest BCUT2D eigenvalue weighted by molar-refractivity contribution is 6.08. The first-order valence-corrected chi connectivity index (χ1v) is 14.8. The van der Waals surface area contributed by atoms with Crippen molar-refractivity contribution in [3.05, 3.63) is 94.4 Å². The number of aromatic nitrogens is 1. The first kappa shape index (κ1) is 35.2. The lowest BCUT2D eigenvalue weighted by Gasteiger charge is -2.25. The Morgan fingerprint density at radius 2 is 1.61 bits per heavy atom. The molecule has 3 atom stereocenters. The molecule has 1 aromatic heterocycles. The number of rotatable bonds is 13. The number of carbonyl (C=O) groups is 4. The van der Waals surface area contributed by atoms with Gasteiger partial charge in [0.05, 0.1) is 6.10 Å². The third kappa shape index (κ3) is 9.87. The van der Waals surface area contributed by atoms with Gasteiger partial charge >= 0.3 is 0 Å². The molecule has 12 nitrogen and oxygen atoms in total. The third-order valence-electron chi connectivity index (χ3n) is 7.05. The number of anilines is 1. The summed E-state index contributed by atoms with van der Waals surface area (Å²) in [4.78, 5) is 53.7. The second kappa shape index (κ2) is 16.2. The van der Waals surface area contributed by atoms with Gasteiger partial charge in [0.2, 0.25) is 11.8 Å². The van der Waals surface area contributed by atoms with Crippen LogP contribution >= 0.6 is 0 Å². The summed E-state index contributed by atoms with van der Waals surface area (Å²) in [7, 11) is 1.56. The van der Waals surface area contributed by atoms with Gasteiger partial charge in [0, 0.05) is 31.8 Å². The van der Waals surface area contributed by atoms with Crippen molar-refractivity contribution in [2.24, 2.45) is 5.92 Å². The lowest BCUT2D eigenvalue weighted by atomic mass is 10.0. The van der Waals surface area contributed by atoms with E-state index < -0.39 is 41.8 Å². The molecule has 0 spiro atoms. The van der Waals surface area contributed by atoms with Gasteiger partial charge in [0.25, 0.3) is 11.8 Å². The minimum Gasteiger partial charge on any atom is -0.391 e. The lowest BCUT2D eigenvalue weighted by molar-refractivity contribution is -0.131. The fourth-order valence-corrected chi connectivity index (χ4v) is 4.46. The Bertz CT molecular complexity index is 1600. The molecule has 1 unspecified atom stereocenters. The van der Waals surface area contributed by atoms with Crippen LogP contribution in [0.5, 0.6) is 0 Å². The quantitative estimate of drug-likeness (QED) is 0.165. The normalized spacial score (nSPS) is 13.2. The Morgan fingerprint density at radius 3 is 2.15 bits per heavy atom. The second-order valence-corrected chi connectivity index (χ2v) is 11.5. The monoisotopic (exact) mass is 628 g/mol. The summed E-state index contributed by atoms with van der Waals surface area (Å²) >= 11 is 0. The number of hydrogen-bond donors (Lipinski definition) is 4. The molecule has 0 aliphatic rings. The number of benzene rings is 2. The minimum absolute atomic E-state index is 0.0203. The van der Waals surface area contributed by atoms with Gasteiger partial charge in [-0.25, -0.2) is 0 Å². The predicted molar refractivity (Wildman–Crippen MR) is 171 cm³/mol. The Balaban J connectivity index is 1.80. The van der Waals surface area contributed by atoms with Crippen LogP contribution in [0, 0.1) is 31.1 Å². The molecule has 3 rings (SSSR count). The van der Waals surface area contributed by atoms with E-state index >= 15 is 0 Å². The maximum atomic E-state index is 13.4. The predicted octanol–water partition coefficient (Wildman–Crippen LogP) is 2.88. The third-order valence-corrected chi connectivity index (χ3v) is 7.05. The van der Waals surface area contributed by atoms with Crippen LogP contribution < -0.4 is 20.9 Å². The van der Waals surface area contributed by atoms with Gasteiger partial charge in [-0.1, -0.05) is 67.0 Å². The van der Waals surface area contributed by atoms with Crippen molar-refractivity contribution in [3.8, 4) is 6.07 Å². The standard InChI is InChI=1S/C34H40N6O6/c1-20(2)15-26(18-35)34(45)40(6)27-13-11-24(12-14-27)17-28(31(42)36-19-25-9-7-21(3)8-10-25)37-33(44)30(23(5)41)38-32(43)29-16-22(4)46-39-29/h7-16,20,23,28,30,41H,17,19H2,1-6H3,(H,36,42)(H,37,44)(H,38,43)/t23-,28?,30+/m1/s1. The molecule has 0 saturated carbocycles. The zero-order chi connectivity index (χ0) is 34.0. The smallest absolute Gasteiger partial charge is 0.274 e. The number of aliphatic hydroxyl groups is 1. The Hall–Kier alpha value is -5.28. The lowest BCUT2D eigenvalue weighted by Crippen LogP contribution is -2.57. The number of allylic oxidation sites excluding steroid dienone is 1. The highest BCUT2D eigenvalue weighted by atomic mass is 16.5. The van der Waals surface area contributed by atoms with Crippen molar-refractivity contribution in [2.45, 2.75) is 65.8 Å². The van der Waals surface area contributed by atoms with E-state index in [1.165, 1.54) is 17.9 Å². The molecule has 0 bridgehead atoms. The second-order valence-electron chi connectivity index (χ2n) is 11.5. The molecule has 0 aliphatic heterocycles. The highest BCUT2D eigenvalue weighted by Gasteiger charge is 2.31. The average Bonchev–Trinajstić information content (AvgIpc) is 3.47. The van der Waals surface area contributed by atoms with Gasteiger partial charge in [-0.3, -0.25) is 19.2 Å². The zero-order valence-corrected chi connectivity index (χ0v) is 26.8. The van der Waals surface area contributed by atoms with E-state index in [1.54, 1.807) is 44.3 Å². The van der Waals surface area contributed by atoms with E-state index in [0.717, 1.165) is 11.1 Å². The number of likely N-dealkylation sites (N-methyl/N-ethyl adjacent to an activating group) is 1. The largest absolute Gasteiger partial charge is 0.391 e. The molecule has 4 N–H and O–H groups in total. The molecular formula is C34H40N6O6. The van der Waals surface area contributed by atoms with Crippen molar-refractivity contribution < 1.29 is 28.8 Å². The van der Waals surface area contributed by atoms with Crippen molar-refractivity contribution in [1.82, 2.24) is 21.1 Å². The van der Waals surface area contributed by atoms with Crippen LogP contribution in [0.2, 0.25) is 0 Å². The van der Waals surface area contributed by atoms with Crippen LogP contribution in [0.15, 0.2) is 70.8 Å². The molecule has 0 saturated heterocycles. The number of amides is 4. The van der Waals surface area contributed by atoms with Crippen LogP contribution in [-0.2, 0) is 27.3 Å². The van der Waals surface area contributed by atoms with Gasteiger partial charge in [0.15, 0.2) is 5.69 Å². The SMILES string of the molecule is Cc1ccc(CNC(=O)C(Cc2ccc(N(C)C(=O)C(C#N)=CC(C)C)cc2)NC(=O)[C@@H](NC(=O)c2cc(C)on2)[C@@H](C)O)cc1. The van der Waals surface area contributed by atoms with Gasteiger partial charge in [0.1, 0.15) is 29.5 Å². The van der Waals surface area contributed by atoms with E-state index in [9.17, 15) is 29.5 Å². The molecule has 242 valence electrons. The van der Waals surface area contributed by atoms with E-state index in [1.807, 2.05) is 51.1 Å². The number of aliphatic hydroxyl groups excluding tert-OH is 1. The summed E-state index contributed by atoms with van der Waals surface area (Å²) in [6.07, 6.45) is 0.359. The molecule has 46 heavy (non-hydrogen) atoms.